The number of aliphatic carboxylic acids is 1. The first kappa shape index (κ1) is 14.6. The first-order valence-corrected chi connectivity index (χ1v) is 8.00. The van der Waals surface area contributed by atoms with Crippen LogP contribution in [0, 0.1) is 5.92 Å². The van der Waals surface area contributed by atoms with Crippen molar-refractivity contribution in [3.8, 4) is 0 Å². The summed E-state index contributed by atoms with van der Waals surface area (Å²) in [6.45, 7) is 7.61. The Bertz CT molecular complexity index is 552. The van der Waals surface area contributed by atoms with Gasteiger partial charge in [-0.1, -0.05) is 38.1 Å². The zero-order valence-electron chi connectivity index (χ0n) is 13.2. The summed E-state index contributed by atoms with van der Waals surface area (Å²) in [5.41, 5.74) is 3.07. The van der Waals surface area contributed by atoms with Gasteiger partial charge < -0.3 is 5.11 Å². The van der Waals surface area contributed by atoms with Gasteiger partial charge in [-0.15, -0.1) is 0 Å². The van der Waals surface area contributed by atoms with Crippen molar-refractivity contribution in [3.63, 3.8) is 0 Å². The fourth-order valence-corrected chi connectivity index (χ4v) is 4.27. The van der Waals surface area contributed by atoms with E-state index in [-0.39, 0.29) is 17.4 Å². The van der Waals surface area contributed by atoms with E-state index >= 15 is 0 Å². The van der Waals surface area contributed by atoms with Crippen LogP contribution in [0.3, 0.4) is 0 Å². The van der Waals surface area contributed by atoms with Crippen molar-refractivity contribution in [1.29, 1.82) is 0 Å². The molecule has 0 amide bonds. The monoisotopic (exact) mass is 287 g/mol. The van der Waals surface area contributed by atoms with Crippen LogP contribution in [-0.2, 0) is 10.2 Å². The van der Waals surface area contributed by atoms with E-state index in [1.54, 1.807) is 0 Å². The van der Waals surface area contributed by atoms with Crippen LogP contribution in [0.15, 0.2) is 24.3 Å². The van der Waals surface area contributed by atoms with E-state index in [1.807, 2.05) is 0 Å². The van der Waals surface area contributed by atoms with Gasteiger partial charge >= 0.3 is 5.97 Å². The van der Waals surface area contributed by atoms with Gasteiger partial charge in [0.2, 0.25) is 0 Å². The summed E-state index contributed by atoms with van der Waals surface area (Å²) in [5.74, 6) is -0.860. The zero-order chi connectivity index (χ0) is 15.2. The van der Waals surface area contributed by atoms with Crippen molar-refractivity contribution in [2.45, 2.75) is 57.5 Å². The molecular formula is C18H25NO2. The highest BCUT2D eigenvalue weighted by atomic mass is 16.4. The topological polar surface area (TPSA) is 40.5 Å². The highest BCUT2D eigenvalue weighted by molar-refractivity contribution is 5.71. The second kappa shape index (κ2) is 5.13. The molecule has 3 unspecified atom stereocenters. The Kier molecular flexibility index (Phi) is 3.56. The lowest BCUT2D eigenvalue weighted by atomic mass is 9.70. The minimum absolute atomic E-state index is 0.127. The van der Waals surface area contributed by atoms with Crippen LogP contribution in [0.4, 0.5) is 0 Å². The molecule has 1 aromatic carbocycles. The molecule has 1 N–H and O–H groups in total. The maximum atomic E-state index is 11.4. The van der Waals surface area contributed by atoms with E-state index in [2.05, 4.69) is 49.9 Å². The van der Waals surface area contributed by atoms with Crippen LogP contribution < -0.4 is 0 Å². The lowest BCUT2D eigenvalue weighted by molar-refractivity contribution is -0.142. The number of hydrogen-bond acceptors (Lipinski definition) is 2. The summed E-state index contributed by atoms with van der Waals surface area (Å²) < 4.78 is 0. The first-order chi connectivity index (χ1) is 9.92. The third kappa shape index (κ3) is 2.38. The molecule has 0 bridgehead atoms. The quantitative estimate of drug-likeness (QED) is 0.903. The van der Waals surface area contributed by atoms with Gasteiger partial charge in [0.25, 0.3) is 0 Å². The summed E-state index contributed by atoms with van der Waals surface area (Å²) in [5, 5.41) is 9.35. The van der Waals surface area contributed by atoms with Crippen LogP contribution in [-0.4, -0.2) is 28.6 Å². The molecule has 1 aliphatic carbocycles. The molecule has 114 valence electrons. The average Bonchev–Trinajstić information content (AvgIpc) is 2.81. The summed E-state index contributed by atoms with van der Waals surface area (Å²) in [6, 6.07) is 9.23. The molecule has 21 heavy (non-hydrogen) atoms. The van der Waals surface area contributed by atoms with Gasteiger partial charge in [-0.2, -0.15) is 0 Å². The third-order valence-electron chi connectivity index (χ3n) is 5.61. The Morgan fingerprint density at radius 2 is 2.00 bits per heavy atom. The Hall–Kier alpha value is -1.35. The third-order valence-corrected chi connectivity index (χ3v) is 5.61. The number of carboxylic acids is 1. The highest BCUT2D eigenvalue weighted by Crippen LogP contribution is 2.46. The molecule has 3 rings (SSSR count). The van der Waals surface area contributed by atoms with Crippen molar-refractivity contribution in [1.82, 2.24) is 4.90 Å². The number of carboxylic acid groups (broad SMARTS) is 1. The van der Waals surface area contributed by atoms with Crippen molar-refractivity contribution < 1.29 is 9.90 Å². The average molecular weight is 287 g/mol. The lowest BCUT2D eigenvalue weighted by Crippen LogP contribution is -2.39. The van der Waals surface area contributed by atoms with E-state index in [0.717, 1.165) is 25.8 Å². The van der Waals surface area contributed by atoms with Crippen LogP contribution in [0.1, 0.15) is 57.2 Å². The Morgan fingerprint density at radius 3 is 2.67 bits per heavy atom. The van der Waals surface area contributed by atoms with E-state index in [1.165, 1.54) is 11.1 Å². The SMILES string of the molecule is CC1C(C(=O)O)CCN1C1CCC(C)(C)c2ccccc21. The van der Waals surface area contributed by atoms with E-state index < -0.39 is 5.97 Å². The van der Waals surface area contributed by atoms with Gasteiger partial charge in [0.15, 0.2) is 0 Å². The molecule has 1 saturated heterocycles. The predicted molar refractivity (Wildman–Crippen MR) is 83.4 cm³/mol. The van der Waals surface area contributed by atoms with Gasteiger partial charge in [0, 0.05) is 12.1 Å². The van der Waals surface area contributed by atoms with E-state index in [9.17, 15) is 9.90 Å². The lowest BCUT2D eigenvalue weighted by Gasteiger charge is -2.42. The van der Waals surface area contributed by atoms with Gasteiger partial charge in [0.05, 0.1) is 5.92 Å². The van der Waals surface area contributed by atoms with Gasteiger partial charge in [-0.3, -0.25) is 9.69 Å². The maximum absolute atomic E-state index is 11.4. The number of rotatable bonds is 2. The van der Waals surface area contributed by atoms with E-state index in [4.69, 9.17) is 0 Å². The van der Waals surface area contributed by atoms with E-state index in [0.29, 0.717) is 6.04 Å². The predicted octanol–water partition coefficient (Wildman–Crippen LogP) is 3.59. The first-order valence-electron chi connectivity index (χ1n) is 8.00. The number of nitrogens with zero attached hydrogens (tertiary/aromatic N) is 1. The molecule has 1 heterocycles. The van der Waals surface area contributed by atoms with Crippen LogP contribution in [0.25, 0.3) is 0 Å². The molecule has 0 saturated carbocycles. The zero-order valence-corrected chi connectivity index (χ0v) is 13.2. The number of fused-ring (bicyclic) bond motifs is 1. The fraction of sp³-hybridized carbons (Fsp3) is 0.611. The molecule has 3 heteroatoms. The maximum Gasteiger partial charge on any atom is 0.308 e. The molecule has 1 fully saturated rings. The van der Waals surface area contributed by atoms with Crippen LogP contribution in [0.2, 0.25) is 0 Å². The summed E-state index contributed by atoms with van der Waals surface area (Å²) >= 11 is 0. The van der Waals surface area contributed by atoms with Crippen molar-refractivity contribution in [2.24, 2.45) is 5.92 Å². The fourth-order valence-electron chi connectivity index (χ4n) is 4.27. The molecule has 3 atom stereocenters. The highest BCUT2D eigenvalue weighted by Gasteiger charge is 2.42. The Balaban J connectivity index is 1.93. The molecular weight excluding hydrogens is 262 g/mol. The normalized spacial score (nSPS) is 31.9. The second-order valence-corrected chi connectivity index (χ2v) is 7.24. The second-order valence-electron chi connectivity index (χ2n) is 7.24. The minimum Gasteiger partial charge on any atom is -0.481 e. The largest absolute Gasteiger partial charge is 0.481 e. The molecule has 3 nitrogen and oxygen atoms in total. The smallest absolute Gasteiger partial charge is 0.308 e. The molecule has 1 aromatic rings. The summed E-state index contributed by atoms with van der Waals surface area (Å²) in [7, 11) is 0. The van der Waals surface area contributed by atoms with Gasteiger partial charge in [-0.25, -0.2) is 0 Å². The molecule has 0 spiro atoms. The van der Waals surface area contributed by atoms with Crippen LogP contribution in [0.5, 0.6) is 0 Å². The number of likely N-dealkylation sites (tertiary alicyclic amines) is 1. The number of hydrogen-bond donors (Lipinski definition) is 1. The van der Waals surface area contributed by atoms with Crippen molar-refractivity contribution in [3.05, 3.63) is 35.4 Å². The Labute approximate surface area is 127 Å². The minimum atomic E-state index is -0.644. The number of carbonyl (C=O) groups is 1. The molecule has 0 radical (unpaired) electrons. The molecule has 1 aliphatic heterocycles. The van der Waals surface area contributed by atoms with Crippen molar-refractivity contribution >= 4 is 5.97 Å². The van der Waals surface area contributed by atoms with Gasteiger partial charge in [-0.05, 0) is 49.3 Å². The molecule has 0 aromatic heterocycles. The Morgan fingerprint density at radius 1 is 1.29 bits per heavy atom. The standard InChI is InChI=1S/C18H25NO2/c1-12-13(17(20)21)9-11-19(12)16-8-10-18(2,3)15-7-5-4-6-14(15)16/h4-7,12-13,16H,8-11H2,1-3H3,(H,20,21). The summed E-state index contributed by atoms with van der Waals surface area (Å²) in [4.78, 5) is 13.8. The van der Waals surface area contributed by atoms with Gasteiger partial charge in [0.1, 0.15) is 0 Å². The summed E-state index contributed by atoms with van der Waals surface area (Å²) in [6.07, 6.45) is 3.06. The van der Waals surface area contributed by atoms with Crippen LogP contribution >= 0.6 is 0 Å². The van der Waals surface area contributed by atoms with Crippen molar-refractivity contribution in [2.75, 3.05) is 6.54 Å². The molecule has 2 aliphatic rings. The number of benzene rings is 1.